The van der Waals surface area contributed by atoms with Crippen molar-refractivity contribution in [3.05, 3.63) is 76.3 Å². The van der Waals surface area contributed by atoms with Gasteiger partial charge >= 0.3 is 0 Å². The SMILES string of the molecule is Cc1ccc(-c2nc(CN3CCN(Cc4ccccc4C)CC3)cs2)cc1. The highest BCUT2D eigenvalue weighted by molar-refractivity contribution is 7.13. The molecule has 1 fully saturated rings. The average molecular weight is 378 g/mol. The van der Waals surface area contributed by atoms with E-state index in [1.165, 1.54) is 27.9 Å². The van der Waals surface area contributed by atoms with Crippen molar-refractivity contribution in [2.24, 2.45) is 0 Å². The first-order valence-corrected chi connectivity index (χ1v) is 10.6. The van der Waals surface area contributed by atoms with Crippen LogP contribution in [0.25, 0.3) is 10.6 Å². The molecule has 1 aromatic heterocycles. The molecule has 2 aromatic carbocycles. The molecule has 0 atom stereocenters. The van der Waals surface area contributed by atoms with Gasteiger partial charge in [-0.05, 0) is 25.0 Å². The van der Waals surface area contributed by atoms with Gasteiger partial charge in [-0.3, -0.25) is 9.80 Å². The summed E-state index contributed by atoms with van der Waals surface area (Å²) in [5.74, 6) is 0. The van der Waals surface area contributed by atoms with E-state index in [1.807, 2.05) is 0 Å². The van der Waals surface area contributed by atoms with Crippen molar-refractivity contribution in [1.29, 1.82) is 0 Å². The van der Waals surface area contributed by atoms with Crippen LogP contribution in [0.4, 0.5) is 0 Å². The molecule has 4 rings (SSSR count). The molecular formula is C23H27N3S. The fraction of sp³-hybridized carbons (Fsp3) is 0.348. The molecule has 0 aliphatic carbocycles. The molecule has 1 aliphatic rings. The van der Waals surface area contributed by atoms with Crippen molar-refractivity contribution in [2.45, 2.75) is 26.9 Å². The lowest BCUT2D eigenvalue weighted by atomic mass is 10.1. The second kappa shape index (κ2) is 8.34. The second-order valence-electron chi connectivity index (χ2n) is 7.49. The predicted molar refractivity (Wildman–Crippen MR) is 114 cm³/mol. The van der Waals surface area contributed by atoms with Crippen LogP contribution < -0.4 is 0 Å². The van der Waals surface area contributed by atoms with Crippen LogP contribution in [0.1, 0.15) is 22.4 Å². The summed E-state index contributed by atoms with van der Waals surface area (Å²) < 4.78 is 0. The lowest BCUT2D eigenvalue weighted by Crippen LogP contribution is -2.45. The Morgan fingerprint density at radius 3 is 2.22 bits per heavy atom. The van der Waals surface area contributed by atoms with E-state index < -0.39 is 0 Å². The quantitative estimate of drug-likeness (QED) is 0.640. The van der Waals surface area contributed by atoms with E-state index in [4.69, 9.17) is 4.98 Å². The first-order chi connectivity index (χ1) is 13.2. The minimum Gasteiger partial charge on any atom is -0.297 e. The van der Waals surface area contributed by atoms with E-state index >= 15 is 0 Å². The topological polar surface area (TPSA) is 19.4 Å². The molecule has 27 heavy (non-hydrogen) atoms. The summed E-state index contributed by atoms with van der Waals surface area (Å²) in [5, 5.41) is 3.35. The maximum Gasteiger partial charge on any atom is 0.123 e. The van der Waals surface area contributed by atoms with Gasteiger partial charge in [0.2, 0.25) is 0 Å². The van der Waals surface area contributed by atoms with Gasteiger partial charge in [0.05, 0.1) is 5.69 Å². The Morgan fingerprint density at radius 1 is 0.852 bits per heavy atom. The fourth-order valence-electron chi connectivity index (χ4n) is 3.57. The Balaban J connectivity index is 1.31. The number of benzene rings is 2. The zero-order chi connectivity index (χ0) is 18.6. The molecule has 0 saturated carbocycles. The van der Waals surface area contributed by atoms with Crippen LogP contribution in [0.15, 0.2) is 53.9 Å². The Morgan fingerprint density at radius 2 is 1.52 bits per heavy atom. The van der Waals surface area contributed by atoms with E-state index in [2.05, 4.69) is 77.6 Å². The maximum atomic E-state index is 4.87. The van der Waals surface area contributed by atoms with Gasteiger partial charge in [0, 0.05) is 50.2 Å². The minimum absolute atomic E-state index is 0.959. The van der Waals surface area contributed by atoms with Crippen molar-refractivity contribution in [3.8, 4) is 10.6 Å². The third-order valence-corrected chi connectivity index (χ3v) is 6.30. The Labute approximate surface area is 166 Å². The molecular weight excluding hydrogens is 350 g/mol. The van der Waals surface area contributed by atoms with Crippen molar-refractivity contribution in [1.82, 2.24) is 14.8 Å². The average Bonchev–Trinajstić information content (AvgIpc) is 3.14. The van der Waals surface area contributed by atoms with E-state index in [9.17, 15) is 0 Å². The number of hydrogen-bond donors (Lipinski definition) is 0. The van der Waals surface area contributed by atoms with E-state index in [0.29, 0.717) is 0 Å². The third kappa shape index (κ3) is 4.64. The molecule has 2 heterocycles. The van der Waals surface area contributed by atoms with Crippen LogP contribution in [0.3, 0.4) is 0 Å². The number of hydrogen-bond acceptors (Lipinski definition) is 4. The second-order valence-corrected chi connectivity index (χ2v) is 8.35. The predicted octanol–water partition coefficient (Wildman–Crippen LogP) is 4.74. The van der Waals surface area contributed by atoms with Crippen molar-refractivity contribution in [2.75, 3.05) is 26.2 Å². The molecule has 0 bridgehead atoms. The summed E-state index contributed by atoms with van der Waals surface area (Å²) in [6.45, 7) is 10.8. The molecule has 3 aromatic rings. The number of nitrogens with zero attached hydrogens (tertiary/aromatic N) is 3. The molecule has 1 saturated heterocycles. The van der Waals surface area contributed by atoms with Crippen molar-refractivity contribution >= 4 is 11.3 Å². The zero-order valence-electron chi connectivity index (χ0n) is 16.2. The fourth-order valence-corrected chi connectivity index (χ4v) is 4.39. The van der Waals surface area contributed by atoms with Gasteiger partial charge in [-0.2, -0.15) is 0 Å². The Bertz CT molecular complexity index is 877. The zero-order valence-corrected chi connectivity index (χ0v) is 17.0. The highest BCUT2D eigenvalue weighted by atomic mass is 32.1. The van der Waals surface area contributed by atoms with Crippen LogP contribution in [-0.2, 0) is 13.1 Å². The molecule has 0 N–H and O–H groups in total. The summed E-state index contributed by atoms with van der Waals surface area (Å²) in [5.41, 5.74) is 6.56. The molecule has 4 heteroatoms. The van der Waals surface area contributed by atoms with E-state index in [1.54, 1.807) is 11.3 Å². The summed E-state index contributed by atoms with van der Waals surface area (Å²) in [7, 11) is 0. The van der Waals surface area contributed by atoms with E-state index in [0.717, 1.165) is 44.3 Å². The molecule has 0 unspecified atom stereocenters. The maximum absolute atomic E-state index is 4.87. The number of rotatable bonds is 5. The summed E-state index contributed by atoms with van der Waals surface area (Å²) >= 11 is 1.75. The van der Waals surface area contributed by atoms with Gasteiger partial charge in [-0.1, -0.05) is 54.1 Å². The molecule has 3 nitrogen and oxygen atoms in total. The molecule has 1 aliphatic heterocycles. The highest BCUT2D eigenvalue weighted by Crippen LogP contribution is 2.25. The van der Waals surface area contributed by atoms with Gasteiger partial charge < -0.3 is 0 Å². The lowest BCUT2D eigenvalue weighted by molar-refractivity contribution is 0.121. The van der Waals surface area contributed by atoms with Gasteiger partial charge in [-0.15, -0.1) is 11.3 Å². The number of piperazine rings is 1. The Kier molecular flexibility index (Phi) is 5.67. The molecule has 140 valence electrons. The molecule has 0 radical (unpaired) electrons. The van der Waals surface area contributed by atoms with Gasteiger partial charge in [0.15, 0.2) is 0 Å². The van der Waals surface area contributed by atoms with Crippen LogP contribution in [0.2, 0.25) is 0 Å². The molecule has 0 spiro atoms. The summed E-state index contributed by atoms with van der Waals surface area (Å²) in [4.78, 5) is 9.96. The summed E-state index contributed by atoms with van der Waals surface area (Å²) in [6, 6.07) is 17.4. The van der Waals surface area contributed by atoms with Crippen LogP contribution >= 0.6 is 11.3 Å². The minimum atomic E-state index is 0.959. The van der Waals surface area contributed by atoms with Gasteiger partial charge in [0.1, 0.15) is 5.01 Å². The molecule has 0 amide bonds. The standard InChI is InChI=1S/C23H27N3S/c1-18-7-9-20(10-8-18)23-24-22(17-27-23)16-26-13-11-25(12-14-26)15-21-6-4-3-5-19(21)2/h3-10,17H,11-16H2,1-2H3. The number of aryl methyl sites for hydroxylation is 2. The lowest BCUT2D eigenvalue weighted by Gasteiger charge is -2.34. The highest BCUT2D eigenvalue weighted by Gasteiger charge is 2.18. The van der Waals surface area contributed by atoms with Crippen LogP contribution in [-0.4, -0.2) is 41.0 Å². The van der Waals surface area contributed by atoms with Crippen molar-refractivity contribution in [3.63, 3.8) is 0 Å². The van der Waals surface area contributed by atoms with Gasteiger partial charge in [0.25, 0.3) is 0 Å². The van der Waals surface area contributed by atoms with E-state index in [-0.39, 0.29) is 0 Å². The normalized spacial score (nSPS) is 15.9. The van der Waals surface area contributed by atoms with Crippen LogP contribution in [0, 0.1) is 13.8 Å². The van der Waals surface area contributed by atoms with Gasteiger partial charge in [-0.25, -0.2) is 4.98 Å². The number of aromatic nitrogens is 1. The third-order valence-electron chi connectivity index (χ3n) is 5.36. The monoisotopic (exact) mass is 377 g/mol. The van der Waals surface area contributed by atoms with Crippen LogP contribution in [0.5, 0.6) is 0 Å². The smallest absolute Gasteiger partial charge is 0.123 e. The largest absolute Gasteiger partial charge is 0.297 e. The number of thiazole rings is 1. The summed E-state index contributed by atoms with van der Waals surface area (Å²) in [6.07, 6.45) is 0. The van der Waals surface area contributed by atoms with Crippen molar-refractivity contribution < 1.29 is 0 Å². The first kappa shape index (κ1) is 18.4. The first-order valence-electron chi connectivity index (χ1n) is 9.68. The Hall–Kier alpha value is -2.01.